The van der Waals surface area contributed by atoms with Gasteiger partial charge in [0.15, 0.2) is 0 Å². The minimum atomic E-state index is -4.96. The Morgan fingerprint density at radius 3 is 1.19 bits per heavy atom. The Hall–Kier alpha value is -3.30. The highest BCUT2D eigenvalue weighted by Crippen LogP contribution is 2.63. The van der Waals surface area contributed by atoms with Crippen LogP contribution in [-0.2, 0) is 25.7 Å². The molecule has 1 aliphatic carbocycles. The maximum atomic E-state index is 13.4. The van der Waals surface area contributed by atoms with Crippen LogP contribution in [0.1, 0.15) is 43.9 Å². The molecule has 0 saturated carbocycles. The summed E-state index contributed by atoms with van der Waals surface area (Å²) in [6, 6.07) is 27.1. The van der Waals surface area contributed by atoms with Crippen molar-refractivity contribution >= 4 is 20.2 Å². The molecule has 190 valence electrons. The molecule has 8 heteroatoms. The van der Waals surface area contributed by atoms with E-state index in [1.54, 1.807) is 97.1 Å². The lowest BCUT2D eigenvalue weighted by Gasteiger charge is -2.43. The van der Waals surface area contributed by atoms with E-state index in [4.69, 9.17) is 0 Å². The monoisotopic (exact) mass is 534 g/mol. The highest BCUT2D eigenvalue weighted by atomic mass is 32.2. The Balaban J connectivity index is 2.03. The molecule has 2 atom stereocenters. The van der Waals surface area contributed by atoms with Crippen molar-refractivity contribution < 1.29 is 25.9 Å². The summed E-state index contributed by atoms with van der Waals surface area (Å²) >= 11 is 0. The summed E-state index contributed by atoms with van der Waals surface area (Å²) in [5, 5.41) is -3.50. The van der Waals surface area contributed by atoms with Gasteiger partial charge in [-0.15, -0.1) is 0 Å². The summed E-state index contributed by atoms with van der Waals surface area (Å²) in [5.74, 6) is 0. The van der Waals surface area contributed by atoms with Crippen LogP contribution in [0.5, 0.6) is 0 Å². The first-order valence-electron chi connectivity index (χ1n) is 11.7. The molecule has 0 fully saturated rings. The first-order chi connectivity index (χ1) is 17.5. The molecule has 0 radical (unpaired) electrons. The smallest absolute Gasteiger partial charge is 0.273 e. The first kappa shape index (κ1) is 25.4. The zero-order valence-electron chi connectivity index (χ0n) is 20.2. The van der Waals surface area contributed by atoms with Crippen molar-refractivity contribution in [2.75, 3.05) is 0 Å². The van der Waals surface area contributed by atoms with Crippen molar-refractivity contribution in [2.45, 2.75) is 29.8 Å². The third kappa shape index (κ3) is 4.10. The molecular formula is C29H26O6S2. The minimum absolute atomic E-state index is 0.209. The maximum Gasteiger partial charge on any atom is 0.273 e. The molecule has 4 aromatic rings. The van der Waals surface area contributed by atoms with E-state index in [1.165, 1.54) is 0 Å². The molecule has 6 nitrogen and oxygen atoms in total. The predicted octanol–water partition coefficient (Wildman–Crippen LogP) is 5.83. The zero-order valence-corrected chi connectivity index (χ0v) is 21.9. The number of hydrogen-bond donors (Lipinski definition) is 2. The normalized spacial score (nSPS) is 16.0. The van der Waals surface area contributed by atoms with Gasteiger partial charge >= 0.3 is 0 Å². The van der Waals surface area contributed by atoms with Gasteiger partial charge in [0.2, 0.25) is 0 Å². The van der Waals surface area contributed by atoms with Gasteiger partial charge < -0.3 is 0 Å². The van der Waals surface area contributed by atoms with Gasteiger partial charge in [-0.25, -0.2) is 0 Å². The van der Waals surface area contributed by atoms with E-state index in [1.807, 2.05) is 13.8 Å². The Bertz CT molecular complexity index is 1560. The van der Waals surface area contributed by atoms with E-state index < -0.39 is 36.2 Å². The summed E-state index contributed by atoms with van der Waals surface area (Å²) in [6.45, 7) is 3.69. The van der Waals surface area contributed by atoms with Gasteiger partial charge in [0.1, 0.15) is 10.5 Å². The zero-order chi connectivity index (χ0) is 26.6. The fourth-order valence-electron chi connectivity index (χ4n) is 5.83. The summed E-state index contributed by atoms with van der Waals surface area (Å²) in [5.41, 5.74) is 2.29. The first-order valence-corrected chi connectivity index (χ1v) is 14.7. The molecule has 0 bridgehead atoms. The van der Waals surface area contributed by atoms with E-state index in [0.29, 0.717) is 22.3 Å². The van der Waals surface area contributed by atoms with E-state index >= 15 is 0 Å². The average molecular weight is 535 g/mol. The topological polar surface area (TPSA) is 109 Å². The number of benzene rings is 4. The van der Waals surface area contributed by atoms with Crippen LogP contribution in [0.15, 0.2) is 97.1 Å². The van der Waals surface area contributed by atoms with Crippen LogP contribution in [0, 0.1) is 13.8 Å². The molecule has 4 aromatic carbocycles. The third-order valence-electron chi connectivity index (χ3n) is 7.22. The lowest BCUT2D eigenvalue weighted by Crippen LogP contribution is -2.45. The molecule has 0 saturated heterocycles. The number of hydrogen-bond acceptors (Lipinski definition) is 4. The molecule has 2 N–H and O–H groups in total. The summed E-state index contributed by atoms with van der Waals surface area (Å²) in [4.78, 5) is 0. The Morgan fingerprint density at radius 2 is 0.865 bits per heavy atom. The van der Waals surface area contributed by atoms with Crippen molar-refractivity contribution in [3.63, 3.8) is 0 Å². The molecule has 0 aromatic heterocycles. The summed E-state index contributed by atoms with van der Waals surface area (Å²) in [6.07, 6.45) is 0. The molecular weight excluding hydrogens is 508 g/mol. The van der Waals surface area contributed by atoms with Crippen LogP contribution in [0.3, 0.4) is 0 Å². The fraction of sp³-hybridized carbons (Fsp3) is 0.172. The molecule has 1 aliphatic rings. The van der Waals surface area contributed by atoms with Crippen molar-refractivity contribution in [3.05, 3.63) is 130 Å². The molecule has 0 heterocycles. The fourth-order valence-corrected chi connectivity index (χ4v) is 8.63. The number of fused-ring (bicyclic) bond motifs is 3. The SMILES string of the molecule is Cc1ccc(C(C2(C(c3ccc(C)cc3)S(=O)(=O)O)c3ccccc3-c3ccccc32)S(=O)(=O)O)cc1. The highest BCUT2D eigenvalue weighted by Gasteiger charge is 2.62. The van der Waals surface area contributed by atoms with Crippen LogP contribution in [0.4, 0.5) is 0 Å². The summed E-state index contributed by atoms with van der Waals surface area (Å²) < 4.78 is 75.5. The van der Waals surface area contributed by atoms with Gasteiger partial charge in [-0.3, -0.25) is 9.11 Å². The largest absolute Gasteiger partial charge is 0.285 e. The molecule has 0 amide bonds. The molecule has 0 spiro atoms. The standard InChI is InChI=1S/C29H26O6S2/c1-19-11-15-21(16-12-19)27(36(30,31)32)29(28(37(33,34)35)22-17-13-20(2)14-18-22)25-9-5-3-7-23(25)24-8-4-6-10-26(24)29/h3-18,27-28H,1-2H3,(H,30,31,32)(H,33,34,35). The Kier molecular flexibility index (Phi) is 6.11. The number of aryl methyl sites for hydroxylation is 2. The summed E-state index contributed by atoms with van der Waals surface area (Å²) in [7, 11) is -9.91. The minimum Gasteiger partial charge on any atom is -0.285 e. The van der Waals surface area contributed by atoms with Crippen molar-refractivity contribution in [2.24, 2.45) is 0 Å². The van der Waals surface area contributed by atoms with E-state index in [2.05, 4.69) is 0 Å². The van der Waals surface area contributed by atoms with Gasteiger partial charge in [-0.2, -0.15) is 16.8 Å². The van der Waals surface area contributed by atoms with Crippen molar-refractivity contribution in [3.8, 4) is 11.1 Å². The quantitative estimate of drug-likeness (QED) is 0.301. The van der Waals surface area contributed by atoms with Crippen molar-refractivity contribution in [1.82, 2.24) is 0 Å². The van der Waals surface area contributed by atoms with Crippen LogP contribution < -0.4 is 0 Å². The third-order valence-corrected chi connectivity index (χ3v) is 9.70. The van der Waals surface area contributed by atoms with Gasteiger partial charge in [0.25, 0.3) is 20.2 Å². The molecule has 5 rings (SSSR count). The Morgan fingerprint density at radius 1 is 0.541 bits per heavy atom. The van der Waals surface area contributed by atoms with Crippen LogP contribution in [0.25, 0.3) is 11.1 Å². The average Bonchev–Trinajstić information content (AvgIpc) is 3.11. The van der Waals surface area contributed by atoms with E-state index in [-0.39, 0.29) is 11.1 Å². The number of rotatable bonds is 6. The van der Waals surface area contributed by atoms with E-state index in [9.17, 15) is 25.9 Å². The molecule has 37 heavy (non-hydrogen) atoms. The highest BCUT2D eigenvalue weighted by molar-refractivity contribution is 7.87. The molecule has 2 unspecified atom stereocenters. The second-order valence-electron chi connectivity index (χ2n) is 9.57. The maximum absolute atomic E-state index is 13.4. The van der Waals surface area contributed by atoms with Crippen LogP contribution in [-0.4, -0.2) is 25.9 Å². The lowest BCUT2D eigenvalue weighted by atomic mass is 9.68. The Labute approximate surface area is 217 Å². The predicted molar refractivity (Wildman–Crippen MR) is 144 cm³/mol. The van der Waals surface area contributed by atoms with Crippen LogP contribution in [0.2, 0.25) is 0 Å². The lowest BCUT2D eigenvalue weighted by molar-refractivity contribution is 0.384. The second kappa shape index (κ2) is 8.92. The second-order valence-corrected chi connectivity index (χ2v) is 12.6. The molecule has 0 aliphatic heterocycles. The van der Waals surface area contributed by atoms with Gasteiger partial charge in [-0.1, -0.05) is 108 Å². The van der Waals surface area contributed by atoms with Gasteiger partial charge in [-0.05, 0) is 47.2 Å². The van der Waals surface area contributed by atoms with Gasteiger partial charge in [0.05, 0.1) is 5.41 Å². The van der Waals surface area contributed by atoms with Gasteiger partial charge in [0, 0.05) is 0 Å². The van der Waals surface area contributed by atoms with Crippen LogP contribution >= 0.6 is 0 Å². The van der Waals surface area contributed by atoms with Crippen molar-refractivity contribution in [1.29, 1.82) is 0 Å². The van der Waals surface area contributed by atoms with E-state index in [0.717, 1.165) is 11.1 Å².